The highest BCUT2D eigenvalue weighted by atomic mass is 16.5. The third-order valence-electron chi connectivity index (χ3n) is 4.86. The van der Waals surface area contributed by atoms with Gasteiger partial charge in [-0.05, 0) is 48.7 Å². The van der Waals surface area contributed by atoms with Gasteiger partial charge in [-0.15, -0.1) is 0 Å². The van der Waals surface area contributed by atoms with Crippen LogP contribution in [0.3, 0.4) is 0 Å². The largest absolute Gasteiger partial charge is 0.497 e. The van der Waals surface area contributed by atoms with E-state index in [4.69, 9.17) is 4.74 Å². The number of carbonyl (C=O) groups is 1. The maximum atomic E-state index is 12.8. The number of aromatic nitrogens is 1. The van der Waals surface area contributed by atoms with E-state index in [-0.39, 0.29) is 5.91 Å². The number of ether oxygens (including phenoxy) is 1. The highest BCUT2D eigenvalue weighted by molar-refractivity contribution is 6.06. The molecule has 1 aliphatic rings. The summed E-state index contributed by atoms with van der Waals surface area (Å²) in [7, 11) is 1.62. The van der Waals surface area contributed by atoms with Gasteiger partial charge in [0.25, 0.3) is 5.91 Å². The lowest BCUT2D eigenvalue weighted by atomic mass is 9.77. The van der Waals surface area contributed by atoms with E-state index < -0.39 is 0 Å². The number of hydrogen-bond donors (Lipinski definition) is 1. The fourth-order valence-electron chi connectivity index (χ4n) is 3.51. The minimum atomic E-state index is -0.0619. The van der Waals surface area contributed by atoms with E-state index >= 15 is 0 Å². The Bertz CT molecular complexity index is 965. The van der Waals surface area contributed by atoms with Gasteiger partial charge in [0.05, 0.1) is 18.2 Å². The van der Waals surface area contributed by atoms with Gasteiger partial charge in [-0.1, -0.05) is 24.3 Å². The molecule has 0 saturated carbocycles. The van der Waals surface area contributed by atoms with E-state index in [9.17, 15) is 4.79 Å². The Hall–Kier alpha value is -2.88. The van der Waals surface area contributed by atoms with E-state index in [1.807, 2.05) is 31.2 Å². The third kappa shape index (κ3) is 2.84. The summed E-state index contributed by atoms with van der Waals surface area (Å²) in [5.41, 5.74) is 5.02. The Morgan fingerprint density at radius 1 is 1.24 bits per heavy atom. The maximum Gasteiger partial charge on any atom is 0.252 e. The van der Waals surface area contributed by atoms with Crippen LogP contribution in [0, 0.1) is 6.92 Å². The Kier molecular flexibility index (Phi) is 3.88. The highest BCUT2D eigenvalue weighted by Crippen LogP contribution is 2.34. The van der Waals surface area contributed by atoms with Gasteiger partial charge in [-0.25, -0.2) is 0 Å². The number of hydrogen-bond acceptors (Lipinski definition) is 3. The molecule has 0 radical (unpaired) electrons. The molecule has 1 aliphatic carbocycles. The smallest absolute Gasteiger partial charge is 0.252 e. The standard InChI is InChI=1S/C21H20N2O2/c1-13-9-19(18-11-16(25-2)7-8-20(18)23-13)21(24)22-12-15-10-14-5-3-4-6-17(14)15/h3-9,11,15H,10,12H2,1-2H3,(H,22,24)/t15-/m1/s1. The molecule has 1 heterocycles. The second-order valence-electron chi connectivity index (χ2n) is 6.50. The lowest BCUT2D eigenvalue weighted by Gasteiger charge is -2.30. The van der Waals surface area contributed by atoms with E-state index in [1.165, 1.54) is 11.1 Å². The summed E-state index contributed by atoms with van der Waals surface area (Å²) in [5.74, 6) is 1.07. The molecular formula is C21H20N2O2. The molecule has 126 valence electrons. The number of rotatable bonds is 4. The van der Waals surface area contributed by atoms with Crippen LogP contribution in [-0.2, 0) is 6.42 Å². The fourth-order valence-corrected chi connectivity index (χ4v) is 3.51. The predicted octanol–water partition coefficient (Wildman–Crippen LogP) is 3.62. The lowest BCUT2D eigenvalue weighted by Crippen LogP contribution is -2.33. The Morgan fingerprint density at radius 2 is 2.08 bits per heavy atom. The lowest BCUT2D eigenvalue weighted by molar-refractivity contribution is 0.0951. The van der Waals surface area contributed by atoms with Crippen molar-refractivity contribution in [2.45, 2.75) is 19.3 Å². The summed E-state index contributed by atoms with van der Waals surface area (Å²) in [6.45, 7) is 2.56. The zero-order valence-corrected chi connectivity index (χ0v) is 14.4. The molecule has 1 N–H and O–H groups in total. The number of fused-ring (bicyclic) bond motifs is 2. The van der Waals surface area contributed by atoms with E-state index in [0.29, 0.717) is 18.0 Å². The van der Waals surface area contributed by atoms with Crippen molar-refractivity contribution >= 4 is 16.8 Å². The number of aryl methyl sites for hydroxylation is 1. The minimum absolute atomic E-state index is 0.0619. The summed E-state index contributed by atoms with van der Waals surface area (Å²) in [4.78, 5) is 17.3. The summed E-state index contributed by atoms with van der Waals surface area (Å²) in [6, 6.07) is 15.9. The van der Waals surface area contributed by atoms with Crippen molar-refractivity contribution in [2.24, 2.45) is 0 Å². The van der Waals surface area contributed by atoms with Crippen LogP contribution < -0.4 is 10.1 Å². The van der Waals surface area contributed by atoms with E-state index in [1.54, 1.807) is 7.11 Å². The molecule has 4 heteroatoms. The first-order valence-electron chi connectivity index (χ1n) is 8.47. The number of methoxy groups -OCH3 is 1. The van der Waals surface area contributed by atoms with Crippen LogP contribution in [0.15, 0.2) is 48.5 Å². The zero-order chi connectivity index (χ0) is 17.4. The SMILES string of the molecule is COc1ccc2nc(C)cc(C(=O)NC[C@H]3Cc4ccccc43)c2c1. The molecule has 0 unspecified atom stereocenters. The minimum Gasteiger partial charge on any atom is -0.497 e. The predicted molar refractivity (Wildman–Crippen MR) is 98.3 cm³/mol. The van der Waals surface area contributed by atoms with Gasteiger partial charge in [0.1, 0.15) is 5.75 Å². The summed E-state index contributed by atoms with van der Waals surface area (Å²) >= 11 is 0. The van der Waals surface area contributed by atoms with Crippen LogP contribution in [0.5, 0.6) is 5.75 Å². The van der Waals surface area contributed by atoms with E-state index in [2.05, 4.69) is 34.6 Å². The van der Waals surface area contributed by atoms with Crippen LogP contribution in [-0.4, -0.2) is 24.5 Å². The molecule has 2 aromatic carbocycles. The zero-order valence-electron chi connectivity index (χ0n) is 14.4. The first kappa shape index (κ1) is 15.6. The molecule has 0 fully saturated rings. The number of carbonyl (C=O) groups excluding carboxylic acids is 1. The summed E-state index contributed by atoms with van der Waals surface area (Å²) in [6.07, 6.45) is 1.03. The molecule has 0 aliphatic heterocycles. The van der Waals surface area contributed by atoms with Crippen LogP contribution in [0.1, 0.15) is 33.1 Å². The fraction of sp³-hybridized carbons (Fsp3) is 0.238. The van der Waals surface area contributed by atoms with Crippen LogP contribution >= 0.6 is 0 Å². The average molecular weight is 332 g/mol. The quantitative estimate of drug-likeness (QED) is 0.794. The number of benzene rings is 2. The van der Waals surface area contributed by atoms with Gasteiger partial charge < -0.3 is 10.1 Å². The van der Waals surface area contributed by atoms with E-state index in [0.717, 1.165) is 28.8 Å². The molecule has 0 bridgehead atoms. The van der Waals surface area contributed by atoms with Gasteiger partial charge in [-0.2, -0.15) is 0 Å². The van der Waals surface area contributed by atoms with Crippen molar-refractivity contribution in [3.8, 4) is 5.75 Å². The second kappa shape index (κ2) is 6.20. The molecular weight excluding hydrogens is 312 g/mol. The van der Waals surface area contributed by atoms with Crippen molar-refractivity contribution in [1.82, 2.24) is 10.3 Å². The Labute approximate surface area is 146 Å². The van der Waals surface area contributed by atoms with Crippen LogP contribution in [0.25, 0.3) is 10.9 Å². The molecule has 1 amide bonds. The van der Waals surface area contributed by atoms with Crippen LogP contribution in [0.2, 0.25) is 0 Å². The van der Waals surface area contributed by atoms with Gasteiger partial charge in [-0.3, -0.25) is 9.78 Å². The molecule has 4 rings (SSSR count). The molecule has 1 atom stereocenters. The number of nitrogens with one attached hydrogen (secondary N) is 1. The van der Waals surface area contributed by atoms with Gasteiger partial charge in [0.2, 0.25) is 0 Å². The molecule has 25 heavy (non-hydrogen) atoms. The van der Waals surface area contributed by atoms with Crippen molar-refractivity contribution in [2.75, 3.05) is 13.7 Å². The Morgan fingerprint density at radius 3 is 2.88 bits per heavy atom. The Balaban J connectivity index is 1.58. The number of amides is 1. The van der Waals surface area contributed by atoms with Crippen LogP contribution in [0.4, 0.5) is 0 Å². The van der Waals surface area contributed by atoms with Crippen molar-refractivity contribution in [1.29, 1.82) is 0 Å². The first-order chi connectivity index (χ1) is 12.2. The average Bonchev–Trinajstić information content (AvgIpc) is 2.61. The second-order valence-corrected chi connectivity index (χ2v) is 6.50. The topological polar surface area (TPSA) is 51.2 Å². The maximum absolute atomic E-state index is 12.8. The summed E-state index contributed by atoms with van der Waals surface area (Å²) < 4.78 is 5.29. The third-order valence-corrected chi connectivity index (χ3v) is 4.86. The first-order valence-corrected chi connectivity index (χ1v) is 8.47. The van der Waals surface area contributed by atoms with Crippen molar-refractivity contribution < 1.29 is 9.53 Å². The number of pyridine rings is 1. The normalized spacial score (nSPS) is 15.4. The summed E-state index contributed by atoms with van der Waals surface area (Å²) in [5, 5.41) is 3.91. The molecule has 1 aromatic heterocycles. The molecule has 0 spiro atoms. The van der Waals surface area contributed by atoms with Gasteiger partial charge in [0.15, 0.2) is 0 Å². The molecule has 0 saturated heterocycles. The molecule has 4 nitrogen and oxygen atoms in total. The van der Waals surface area contributed by atoms with Crippen molar-refractivity contribution in [3.05, 3.63) is 70.9 Å². The monoisotopic (exact) mass is 332 g/mol. The molecule has 3 aromatic rings. The van der Waals surface area contributed by atoms with Crippen molar-refractivity contribution in [3.63, 3.8) is 0 Å². The highest BCUT2D eigenvalue weighted by Gasteiger charge is 2.26. The van der Waals surface area contributed by atoms with Gasteiger partial charge >= 0.3 is 0 Å². The van der Waals surface area contributed by atoms with Gasteiger partial charge in [0, 0.05) is 23.5 Å². The number of nitrogens with zero attached hydrogens (tertiary/aromatic N) is 1.